The summed E-state index contributed by atoms with van der Waals surface area (Å²) < 4.78 is 7.39. The molecule has 1 heterocycles. The number of hydrogen-bond acceptors (Lipinski definition) is 1. The van der Waals surface area contributed by atoms with Gasteiger partial charge >= 0.3 is 0 Å². The first-order valence-electron chi connectivity index (χ1n) is 9.35. The van der Waals surface area contributed by atoms with Gasteiger partial charge < -0.3 is 4.74 Å². The number of halogens is 1. The van der Waals surface area contributed by atoms with Gasteiger partial charge in [-0.1, -0.05) is 89.2 Å². The van der Waals surface area contributed by atoms with E-state index in [-0.39, 0.29) is 0 Å². The Morgan fingerprint density at radius 2 is 1.39 bits per heavy atom. The van der Waals surface area contributed by atoms with Crippen LogP contribution in [0.1, 0.15) is 29.2 Å². The van der Waals surface area contributed by atoms with Crippen LogP contribution in [-0.2, 0) is 5.41 Å². The molecule has 0 bridgehead atoms. The van der Waals surface area contributed by atoms with Crippen molar-refractivity contribution in [2.45, 2.75) is 12.3 Å². The molecule has 0 amide bonds. The van der Waals surface area contributed by atoms with Gasteiger partial charge in [-0.3, -0.25) is 0 Å². The lowest BCUT2D eigenvalue weighted by molar-refractivity contribution is 0.436. The van der Waals surface area contributed by atoms with Gasteiger partial charge in [-0.05, 0) is 51.9 Å². The summed E-state index contributed by atoms with van der Waals surface area (Å²) in [6.45, 7) is 6.30. The zero-order valence-electron chi connectivity index (χ0n) is 15.6. The summed E-state index contributed by atoms with van der Waals surface area (Å²) in [7, 11) is 0. The average molecular weight is 427 g/mol. The number of hydrogen-bond donors (Lipinski definition) is 0. The lowest BCUT2D eigenvalue weighted by Crippen LogP contribution is -2.32. The highest BCUT2D eigenvalue weighted by Gasteiger charge is 2.50. The van der Waals surface area contributed by atoms with Crippen LogP contribution in [0.4, 0.5) is 0 Å². The van der Waals surface area contributed by atoms with Gasteiger partial charge in [-0.25, -0.2) is 0 Å². The van der Waals surface area contributed by atoms with E-state index in [1.165, 1.54) is 22.3 Å². The number of rotatable bonds is 2. The minimum Gasteiger partial charge on any atom is -0.457 e. The number of ether oxygens (including phenoxy) is 1. The van der Waals surface area contributed by atoms with Crippen molar-refractivity contribution in [2.24, 2.45) is 0 Å². The van der Waals surface area contributed by atoms with Crippen LogP contribution in [0.25, 0.3) is 5.57 Å². The van der Waals surface area contributed by atoms with Crippen molar-refractivity contribution in [3.8, 4) is 11.5 Å². The third kappa shape index (κ3) is 2.18. The minimum atomic E-state index is -0.432. The smallest absolute Gasteiger partial charge is 0.132 e. The van der Waals surface area contributed by atoms with Crippen molar-refractivity contribution in [1.29, 1.82) is 0 Å². The lowest BCUT2D eigenvalue weighted by atomic mass is 9.65. The second-order valence-electron chi connectivity index (χ2n) is 7.15. The molecule has 0 saturated heterocycles. The summed E-state index contributed by atoms with van der Waals surface area (Å²) >= 11 is 3.64. The monoisotopic (exact) mass is 426 g/mol. The summed E-state index contributed by atoms with van der Waals surface area (Å²) in [5.74, 6) is 1.80. The van der Waals surface area contributed by atoms with Crippen LogP contribution < -0.4 is 4.74 Å². The van der Waals surface area contributed by atoms with Crippen molar-refractivity contribution in [2.75, 3.05) is 0 Å². The Bertz CT molecular complexity index is 1130. The predicted octanol–water partition coefficient (Wildman–Crippen LogP) is 7.38. The Morgan fingerprint density at radius 3 is 1.96 bits per heavy atom. The van der Waals surface area contributed by atoms with Crippen molar-refractivity contribution in [3.63, 3.8) is 0 Å². The van der Waals surface area contributed by atoms with Gasteiger partial charge in [0.1, 0.15) is 11.5 Å². The second-order valence-corrected chi connectivity index (χ2v) is 8.40. The van der Waals surface area contributed by atoms with Crippen LogP contribution in [0.2, 0.25) is 0 Å². The zero-order chi connectivity index (χ0) is 19.3. The van der Waals surface area contributed by atoms with Crippen molar-refractivity contribution < 1.29 is 4.74 Å². The standard InChI is InChI=1S/C26H19BrO/c1-3-20-19(16-17(2)27)18-10-4-5-11-21(18)26(20)22-12-6-8-14-24(22)28-25-15-9-7-13-23(25)26/h3-16H,1H2,2H3/b17-16+. The number of para-hydroxylation sites is 2. The van der Waals surface area contributed by atoms with E-state index in [9.17, 15) is 0 Å². The molecule has 1 aliphatic carbocycles. The molecule has 0 radical (unpaired) electrons. The molecule has 0 fully saturated rings. The number of fused-ring (bicyclic) bond motifs is 6. The molecule has 3 aromatic rings. The minimum absolute atomic E-state index is 0.432. The highest BCUT2D eigenvalue weighted by atomic mass is 79.9. The van der Waals surface area contributed by atoms with E-state index in [2.05, 4.69) is 96.2 Å². The Balaban J connectivity index is 2.01. The van der Waals surface area contributed by atoms with Gasteiger partial charge in [0.2, 0.25) is 0 Å². The van der Waals surface area contributed by atoms with E-state index in [0.29, 0.717) is 0 Å². The van der Waals surface area contributed by atoms with Crippen LogP contribution >= 0.6 is 15.9 Å². The van der Waals surface area contributed by atoms with E-state index < -0.39 is 5.41 Å². The summed E-state index contributed by atoms with van der Waals surface area (Å²) in [4.78, 5) is 0. The van der Waals surface area contributed by atoms with Crippen LogP contribution in [0, 0.1) is 0 Å². The highest BCUT2D eigenvalue weighted by Crippen LogP contribution is 2.61. The predicted molar refractivity (Wildman–Crippen MR) is 119 cm³/mol. The summed E-state index contributed by atoms with van der Waals surface area (Å²) in [5, 5.41) is 0. The molecule has 0 aromatic heterocycles. The van der Waals surface area contributed by atoms with Crippen molar-refractivity contribution >= 4 is 21.5 Å². The summed E-state index contributed by atoms with van der Waals surface area (Å²) in [6, 6.07) is 25.4. The van der Waals surface area contributed by atoms with E-state index in [1.807, 2.05) is 18.2 Å². The maximum absolute atomic E-state index is 6.31. The Morgan fingerprint density at radius 1 is 0.857 bits per heavy atom. The molecule has 28 heavy (non-hydrogen) atoms. The fraction of sp³-hybridized carbons (Fsp3) is 0.0769. The highest BCUT2D eigenvalue weighted by molar-refractivity contribution is 9.11. The molecular weight excluding hydrogens is 408 g/mol. The lowest BCUT2D eigenvalue weighted by Gasteiger charge is -2.40. The SMILES string of the molecule is C=CC1=C(/C=C(\C)Br)c2ccccc2C12c1ccccc1Oc1ccccc12. The molecular formula is C26H19BrO. The van der Waals surface area contributed by atoms with Crippen molar-refractivity contribution in [3.05, 3.63) is 124 Å². The van der Waals surface area contributed by atoms with Gasteiger partial charge in [-0.15, -0.1) is 0 Å². The van der Waals surface area contributed by atoms with E-state index in [1.54, 1.807) is 0 Å². The number of allylic oxidation sites excluding steroid dienone is 5. The summed E-state index contributed by atoms with van der Waals surface area (Å²) in [5.41, 5.74) is 6.79. The van der Waals surface area contributed by atoms with Crippen LogP contribution in [-0.4, -0.2) is 0 Å². The van der Waals surface area contributed by atoms with Crippen LogP contribution in [0.15, 0.2) is 102 Å². The average Bonchev–Trinajstić information content (AvgIpc) is 2.98. The Hall–Kier alpha value is -2.84. The molecule has 136 valence electrons. The van der Waals surface area contributed by atoms with Gasteiger partial charge in [0.05, 0.1) is 5.41 Å². The van der Waals surface area contributed by atoms with Gasteiger partial charge in [-0.2, -0.15) is 0 Å². The first-order valence-corrected chi connectivity index (χ1v) is 10.1. The molecule has 2 aliphatic rings. The van der Waals surface area contributed by atoms with Crippen LogP contribution in [0.3, 0.4) is 0 Å². The molecule has 1 spiro atoms. The molecule has 1 aliphatic heterocycles. The third-order valence-corrected chi connectivity index (χ3v) is 5.89. The van der Waals surface area contributed by atoms with Gasteiger partial charge in [0.15, 0.2) is 0 Å². The maximum Gasteiger partial charge on any atom is 0.132 e. The fourth-order valence-corrected chi connectivity index (χ4v) is 4.96. The molecule has 2 heteroatoms. The Kier molecular flexibility index (Phi) is 3.92. The van der Waals surface area contributed by atoms with Crippen molar-refractivity contribution in [1.82, 2.24) is 0 Å². The van der Waals surface area contributed by atoms with Gasteiger partial charge in [0, 0.05) is 11.1 Å². The van der Waals surface area contributed by atoms with E-state index in [4.69, 9.17) is 4.74 Å². The fourth-order valence-electron chi connectivity index (χ4n) is 4.73. The molecule has 0 atom stereocenters. The van der Waals surface area contributed by atoms with Crippen LogP contribution in [0.5, 0.6) is 11.5 Å². The zero-order valence-corrected chi connectivity index (χ0v) is 17.2. The largest absolute Gasteiger partial charge is 0.457 e. The molecule has 0 N–H and O–H groups in total. The van der Waals surface area contributed by atoms with Gasteiger partial charge in [0.25, 0.3) is 0 Å². The maximum atomic E-state index is 6.31. The molecule has 0 saturated carbocycles. The first-order chi connectivity index (χ1) is 13.7. The second kappa shape index (κ2) is 6.35. The molecule has 0 unspecified atom stereocenters. The topological polar surface area (TPSA) is 9.23 Å². The molecule has 3 aromatic carbocycles. The normalized spacial score (nSPS) is 16.3. The van der Waals surface area contributed by atoms with E-state index in [0.717, 1.165) is 27.1 Å². The molecule has 5 rings (SSSR count). The summed E-state index contributed by atoms with van der Waals surface area (Å²) in [6.07, 6.45) is 4.21. The quantitative estimate of drug-likeness (QED) is 0.415. The Labute approximate surface area is 173 Å². The number of benzene rings is 3. The molecule has 1 nitrogen and oxygen atoms in total. The van der Waals surface area contributed by atoms with E-state index >= 15 is 0 Å². The third-order valence-electron chi connectivity index (χ3n) is 5.66. The first kappa shape index (κ1) is 17.3.